The van der Waals surface area contributed by atoms with Crippen molar-refractivity contribution in [2.24, 2.45) is 5.10 Å². The summed E-state index contributed by atoms with van der Waals surface area (Å²) in [5, 5.41) is 6.20. The minimum atomic E-state index is -0.339. The van der Waals surface area contributed by atoms with Gasteiger partial charge in [0.15, 0.2) is 6.61 Å². The lowest BCUT2D eigenvalue weighted by atomic mass is 10.0. The summed E-state index contributed by atoms with van der Waals surface area (Å²) in [4.78, 5) is 12.2. The van der Waals surface area contributed by atoms with Crippen LogP contribution in [0, 0.1) is 0 Å². The average Bonchev–Trinajstić information content (AvgIpc) is 2.75. The Morgan fingerprint density at radius 1 is 1.07 bits per heavy atom. The smallest absolute Gasteiger partial charge is 0.277 e. The quantitative estimate of drug-likeness (QED) is 0.334. The predicted octanol–water partition coefficient (Wildman–Crippen LogP) is 5.48. The van der Waals surface area contributed by atoms with E-state index in [1.165, 1.54) is 5.56 Å². The third kappa shape index (κ3) is 5.60. The molecule has 0 saturated carbocycles. The largest absolute Gasteiger partial charge is 0.493 e. The molecular weight excluding hydrogens is 444 g/mol. The Balaban J connectivity index is 1.64. The minimum absolute atomic E-state index is 0.128. The summed E-state index contributed by atoms with van der Waals surface area (Å²) in [5.41, 5.74) is 4.57. The van der Waals surface area contributed by atoms with E-state index in [9.17, 15) is 4.79 Å². The summed E-state index contributed by atoms with van der Waals surface area (Å²) >= 11 is 3.50. The second-order valence-electron chi connectivity index (χ2n) is 6.73. The topological polar surface area (TPSA) is 59.9 Å². The molecule has 30 heavy (non-hydrogen) atoms. The first kappa shape index (κ1) is 21.8. The van der Waals surface area contributed by atoms with Gasteiger partial charge in [0.1, 0.15) is 11.5 Å². The van der Waals surface area contributed by atoms with E-state index in [2.05, 4.69) is 33.4 Å². The minimum Gasteiger partial charge on any atom is -0.493 e. The highest BCUT2D eigenvalue weighted by Gasteiger charge is 2.08. The molecule has 0 aromatic heterocycles. The van der Waals surface area contributed by atoms with Crippen molar-refractivity contribution < 1.29 is 14.3 Å². The maximum absolute atomic E-state index is 12.2. The first-order chi connectivity index (χ1) is 14.6. The molecule has 0 saturated heterocycles. The maximum Gasteiger partial charge on any atom is 0.277 e. The first-order valence-corrected chi connectivity index (χ1v) is 10.8. The zero-order valence-corrected chi connectivity index (χ0v) is 18.7. The van der Waals surface area contributed by atoms with Gasteiger partial charge in [-0.1, -0.05) is 49.7 Å². The number of nitrogens with zero attached hydrogens (tertiary/aromatic N) is 1. The number of nitrogens with one attached hydrogen (secondary N) is 1. The molecule has 0 radical (unpaired) electrons. The van der Waals surface area contributed by atoms with Crippen LogP contribution >= 0.6 is 15.9 Å². The van der Waals surface area contributed by atoms with Crippen LogP contribution in [0.5, 0.6) is 11.5 Å². The monoisotopic (exact) mass is 468 g/mol. The van der Waals surface area contributed by atoms with Crippen LogP contribution in [0.4, 0.5) is 0 Å². The number of fused-ring (bicyclic) bond motifs is 1. The van der Waals surface area contributed by atoms with Crippen molar-refractivity contribution in [1.82, 2.24) is 5.43 Å². The molecule has 0 atom stereocenters. The highest BCUT2D eigenvalue weighted by atomic mass is 79.9. The van der Waals surface area contributed by atoms with Crippen LogP contribution in [0.3, 0.4) is 0 Å². The third-order valence-corrected chi connectivity index (χ3v) is 5.13. The van der Waals surface area contributed by atoms with Crippen LogP contribution in [0.1, 0.15) is 31.4 Å². The standard InChI is InChI=1S/C24H25BrN2O3/c1-3-7-17-10-12-23(21(25)14-17)30-16-24(28)27-26-15-20-19-9-6-5-8-18(19)11-13-22(20)29-4-2/h5-6,8-15H,3-4,7,16H2,1-2H3,(H,27,28)/b26-15+. The SMILES string of the molecule is CCCc1ccc(OCC(=O)N/N=C/c2c(OCC)ccc3ccccc23)c(Br)c1. The summed E-state index contributed by atoms with van der Waals surface area (Å²) in [7, 11) is 0. The van der Waals surface area contributed by atoms with Crippen molar-refractivity contribution >= 4 is 38.8 Å². The van der Waals surface area contributed by atoms with E-state index in [0.29, 0.717) is 12.4 Å². The Morgan fingerprint density at radius 3 is 2.63 bits per heavy atom. The highest BCUT2D eigenvalue weighted by Crippen LogP contribution is 2.27. The maximum atomic E-state index is 12.2. The Bertz CT molecular complexity index is 1050. The molecule has 0 bridgehead atoms. The highest BCUT2D eigenvalue weighted by molar-refractivity contribution is 9.10. The fraction of sp³-hybridized carbons (Fsp3) is 0.250. The number of rotatable bonds is 9. The fourth-order valence-electron chi connectivity index (χ4n) is 3.14. The molecular formula is C24H25BrN2O3. The first-order valence-electron chi connectivity index (χ1n) is 10.00. The number of carbonyl (C=O) groups is 1. The lowest BCUT2D eigenvalue weighted by molar-refractivity contribution is -0.123. The van der Waals surface area contributed by atoms with Crippen molar-refractivity contribution in [1.29, 1.82) is 0 Å². The summed E-state index contributed by atoms with van der Waals surface area (Å²) < 4.78 is 12.2. The second-order valence-corrected chi connectivity index (χ2v) is 7.58. The molecule has 1 N–H and O–H groups in total. The Kier molecular flexibility index (Phi) is 7.85. The van der Waals surface area contributed by atoms with Gasteiger partial charge < -0.3 is 9.47 Å². The number of carbonyl (C=O) groups excluding carboxylic acids is 1. The van der Waals surface area contributed by atoms with E-state index in [1.54, 1.807) is 6.21 Å². The molecule has 3 aromatic rings. The zero-order valence-electron chi connectivity index (χ0n) is 17.2. The fourth-order valence-corrected chi connectivity index (χ4v) is 3.68. The van der Waals surface area contributed by atoms with Gasteiger partial charge in [0.25, 0.3) is 5.91 Å². The van der Waals surface area contributed by atoms with E-state index in [0.717, 1.165) is 39.4 Å². The van der Waals surface area contributed by atoms with E-state index >= 15 is 0 Å². The van der Waals surface area contributed by atoms with Gasteiger partial charge >= 0.3 is 0 Å². The Labute approximate surface area is 185 Å². The molecule has 3 aromatic carbocycles. The molecule has 0 aliphatic heterocycles. The van der Waals surface area contributed by atoms with Gasteiger partial charge in [0.2, 0.25) is 0 Å². The molecule has 1 amide bonds. The number of aryl methyl sites for hydroxylation is 1. The van der Waals surface area contributed by atoms with Gasteiger partial charge in [-0.2, -0.15) is 5.10 Å². The normalized spacial score (nSPS) is 11.0. The van der Waals surface area contributed by atoms with Crippen molar-refractivity contribution in [2.75, 3.05) is 13.2 Å². The molecule has 0 spiro atoms. The van der Waals surface area contributed by atoms with Crippen LogP contribution in [0.15, 0.2) is 64.2 Å². The molecule has 0 aliphatic carbocycles. The van der Waals surface area contributed by atoms with Crippen molar-refractivity contribution in [3.8, 4) is 11.5 Å². The molecule has 0 unspecified atom stereocenters. The van der Waals surface area contributed by atoms with Crippen LogP contribution in [0.25, 0.3) is 10.8 Å². The van der Waals surface area contributed by atoms with Gasteiger partial charge in [-0.15, -0.1) is 0 Å². The Hall–Kier alpha value is -2.86. The van der Waals surface area contributed by atoms with Crippen molar-refractivity contribution in [2.45, 2.75) is 26.7 Å². The van der Waals surface area contributed by atoms with E-state index < -0.39 is 0 Å². The summed E-state index contributed by atoms with van der Waals surface area (Å²) in [6.45, 7) is 4.49. The lowest BCUT2D eigenvalue weighted by Crippen LogP contribution is -2.24. The van der Waals surface area contributed by atoms with Crippen LogP contribution < -0.4 is 14.9 Å². The summed E-state index contributed by atoms with van der Waals surface area (Å²) in [6.07, 6.45) is 3.70. The zero-order chi connectivity index (χ0) is 21.3. The number of halogens is 1. The summed E-state index contributed by atoms with van der Waals surface area (Å²) in [6, 6.07) is 17.8. The third-order valence-electron chi connectivity index (χ3n) is 4.51. The van der Waals surface area contributed by atoms with Gasteiger partial charge in [-0.3, -0.25) is 4.79 Å². The molecule has 3 rings (SSSR count). The molecule has 0 aliphatic rings. The summed E-state index contributed by atoms with van der Waals surface area (Å²) in [5.74, 6) is 1.01. The van der Waals surface area contributed by atoms with E-state index in [1.807, 2.05) is 61.5 Å². The molecule has 6 heteroatoms. The number of hydrazone groups is 1. The predicted molar refractivity (Wildman–Crippen MR) is 124 cm³/mol. The second kappa shape index (κ2) is 10.8. The van der Waals surface area contributed by atoms with Crippen LogP contribution in [0.2, 0.25) is 0 Å². The molecule has 0 heterocycles. The molecule has 0 fully saturated rings. The van der Waals surface area contributed by atoms with Gasteiger partial charge in [-0.05, 0) is 63.8 Å². The number of ether oxygens (including phenoxy) is 2. The number of hydrogen-bond acceptors (Lipinski definition) is 4. The average molecular weight is 469 g/mol. The van der Waals surface area contributed by atoms with E-state index in [-0.39, 0.29) is 12.5 Å². The van der Waals surface area contributed by atoms with Gasteiger partial charge in [-0.25, -0.2) is 5.43 Å². The van der Waals surface area contributed by atoms with E-state index in [4.69, 9.17) is 9.47 Å². The number of benzene rings is 3. The molecule has 156 valence electrons. The van der Waals surface area contributed by atoms with Crippen LogP contribution in [-0.2, 0) is 11.2 Å². The van der Waals surface area contributed by atoms with Crippen molar-refractivity contribution in [3.05, 3.63) is 70.2 Å². The number of hydrogen-bond donors (Lipinski definition) is 1. The molecule has 5 nitrogen and oxygen atoms in total. The van der Waals surface area contributed by atoms with Crippen molar-refractivity contribution in [3.63, 3.8) is 0 Å². The van der Waals surface area contributed by atoms with Gasteiger partial charge in [0, 0.05) is 5.56 Å². The lowest BCUT2D eigenvalue weighted by Gasteiger charge is -2.10. The van der Waals surface area contributed by atoms with Crippen LogP contribution in [-0.4, -0.2) is 25.3 Å². The van der Waals surface area contributed by atoms with Gasteiger partial charge in [0.05, 0.1) is 17.3 Å². The number of amides is 1. The Morgan fingerprint density at radius 2 is 1.87 bits per heavy atom.